The Morgan fingerprint density at radius 1 is 0.917 bits per heavy atom. The van der Waals surface area contributed by atoms with Crippen LogP contribution in [0.5, 0.6) is 0 Å². The van der Waals surface area contributed by atoms with Gasteiger partial charge in [-0.2, -0.15) is 11.6 Å². The molecule has 1 aliphatic carbocycles. The zero-order valence-electron chi connectivity index (χ0n) is 16.3. The van der Waals surface area contributed by atoms with E-state index in [1.807, 2.05) is 0 Å². The Hall–Kier alpha value is 0.844. The van der Waals surface area contributed by atoms with Gasteiger partial charge < -0.3 is 0 Å². The summed E-state index contributed by atoms with van der Waals surface area (Å²) in [5.74, 6) is 0. The van der Waals surface area contributed by atoms with E-state index in [0.29, 0.717) is 0 Å². The van der Waals surface area contributed by atoms with Crippen molar-refractivity contribution >= 4 is 41.0 Å². The average molecular weight is 569 g/mol. The summed E-state index contributed by atoms with van der Waals surface area (Å²) < 4.78 is 0. The van der Waals surface area contributed by atoms with Crippen LogP contribution in [0.25, 0.3) is 0 Å². The van der Waals surface area contributed by atoms with Crippen molar-refractivity contribution in [1.82, 2.24) is 0 Å². The summed E-state index contributed by atoms with van der Waals surface area (Å²) in [6.45, 7) is 23.1. The maximum atomic E-state index is 4.31. The molecule has 0 heterocycles. The van der Waals surface area contributed by atoms with Gasteiger partial charge in [0.15, 0.2) is 0 Å². The van der Waals surface area contributed by atoms with Crippen LogP contribution in [0, 0.1) is 6.08 Å². The minimum atomic E-state index is -1.05. The summed E-state index contributed by atoms with van der Waals surface area (Å²) >= 11 is 0. The number of hydrogen-bond acceptors (Lipinski definition) is 0. The smallest absolute Gasteiger partial charge is 0.0483 e. The molecule has 0 atom stereocenters. The molecule has 24 heavy (non-hydrogen) atoms. The molecule has 0 aromatic rings. The van der Waals surface area contributed by atoms with Gasteiger partial charge in [0.2, 0.25) is 0 Å². The molecule has 5 heteroatoms. The third-order valence-corrected chi connectivity index (χ3v) is 6.60. The Bertz CT molecular complexity index is 437. The molecular weight excluding hydrogens is 534 g/mol. The van der Waals surface area contributed by atoms with Crippen molar-refractivity contribution in [2.75, 3.05) is 0 Å². The van der Waals surface area contributed by atoms with Crippen LogP contribution in [0.2, 0.25) is 51.4 Å². The van der Waals surface area contributed by atoms with Crippen LogP contribution in [0.4, 0.5) is 0 Å². The summed E-state index contributed by atoms with van der Waals surface area (Å²) in [6.07, 6.45) is 8.93. The maximum absolute atomic E-state index is 4.31. The number of rotatable bonds is 8. The van der Waals surface area contributed by atoms with Gasteiger partial charge in [-0.25, -0.2) is 5.57 Å². The molecule has 0 saturated carbocycles. The Kier molecular flexibility index (Phi) is 15.1. The van der Waals surface area contributed by atoms with Crippen molar-refractivity contribution in [3.8, 4) is 0 Å². The number of halogens is 2. The van der Waals surface area contributed by atoms with Crippen molar-refractivity contribution in [1.29, 1.82) is 0 Å². The first-order valence-electron chi connectivity index (χ1n) is 8.09. The topological polar surface area (TPSA) is 0 Å². The molecule has 0 N–H and O–H groups in total. The predicted molar refractivity (Wildman–Crippen MR) is 118 cm³/mol. The van der Waals surface area contributed by atoms with Crippen LogP contribution >= 0.6 is 24.8 Å². The van der Waals surface area contributed by atoms with E-state index in [2.05, 4.69) is 64.6 Å². The Labute approximate surface area is 184 Å². The fourth-order valence-electron chi connectivity index (χ4n) is 3.03. The fourth-order valence-corrected chi connectivity index (χ4v) is 6.28. The minimum Gasteiger partial charge on any atom is -0.269 e. The first kappa shape index (κ1) is 29.6. The van der Waals surface area contributed by atoms with Crippen LogP contribution in [0.3, 0.4) is 0 Å². The summed E-state index contributed by atoms with van der Waals surface area (Å²) in [7, 11) is -2.10. The zero-order valence-corrected chi connectivity index (χ0v) is 23.6. The van der Waals surface area contributed by atoms with Crippen molar-refractivity contribution in [3.63, 3.8) is 0 Å². The minimum absolute atomic E-state index is 0. The Morgan fingerprint density at radius 3 is 1.75 bits per heavy atom. The van der Waals surface area contributed by atoms with Gasteiger partial charge in [-0.3, -0.25) is 6.08 Å². The normalized spacial score (nSPS) is 13.8. The van der Waals surface area contributed by atoms with E-state index in [1.165, 1.54) is 34.4 Å². The van der Waals surface area contributed by atoms with E-state index in [0.717, 1.165) is 19.3 Å². The molecule has 0 amide bonds. The standard InChI is InChI=1S/C19H33Si2.2ClH.Hf/c1-16(14-20(3,4)5)12-18-10-9-11-19(18)13-17(2)15-21(6,7)8;;;/h10H,1-2,9,12-15H2,3-8H3;2*1H;/q-1;;;. The van der Waals surface area contributed by atoms with Gasteiger partial charge in [-0.05, 0) is 18.5 Å². The maximum Gasteiger partial charge on any atom is 0.0483 e. The second-order valence-electron chi connectivity index (χ2n) is 8.92. The van der Waals surface area contributed by atoms with Crippen molar-refractivity contribution in [2.24, 2.45) is 0 Å². The SMILES string of the molecule is C=C(CC1=[C-]CC=C1CC(=C)C[Si](C)(C)C)C[Si](C)(C)C.Cl.Cl.[Hf]. The molecule has 0 spiro atoms. The van der Waals surface area contributed by atoms with Gasteiger partial charge in [-0.15, -0.1) is 37.8 Å². The van der Waals surface area contributed by atoms with Gasteiger partial charge in [0.1, 0.15) is 0 Å². The van der Waals surface area contributed by atoms with E-state index < -0.39 is 16.1 Å². The van der Waals surface area contributed by atoms with E-state index in [-0.39, 0.29) is 50.7 Å². The van der Waals surface area contributed by atoms with E-state index in [4.69, 9.17) is 0 Å². The van der Waals surface area contributed by atoms with Gasteiger partial charge >= 0.3 is 0 Å². The second-order valence-corrected chi connectivity index (χ2v) is 19.9. The summed E-state index contributed by atoms with van der Waals surface area (Å²) in [5.41, 5.74) is 5.66. The Morgan fingerprint density at radius 2 is 1.33 bits per heavy atom. The van der Waals surface area contributed by atoms with Crippen molar-refractivity contribution in [2.45, 2.75) is 70.6 Å². The molecule has 138 valence electrons. The largest absolute Gasteiger partial charge is 0.269 e. The molecule has 0 fully saturated rings. The molecule has 0 unspecified atom stereocenters. The summed E-state index contributed by atoms with van der Waals surface area (Å²) in [4.78, 5) is 0. The van der Waals surface area contributed by atoms with Crippen LogP contribution in [0.1, 0.15) is 19.3 Å². The van der Waals surface area contributed by atoms with Crippen LogP contribution < -0.4 is 0 Å². The molecule has 0 saturated heterocycles. The number of allylic oxidation sites excluding steroid dienone is 6. The molecule has 0 aromatic carbocycles. The van der Waals surface area contributed by atoms with Gasteiger partial charge in [0.05, 0.1) is 0 Å². The molecule has 0 aliphatic heterocycles. The fraction of sp³-hybridized carbons (Fsp3) is 0.579. The van der Waals surface area contributed by atoms with Crippen LogP contribution in [-0.2, 0) is 25.8 Å². The molecule has 1 rings (SSSR count). The number of hydrogen-bond donors (Lipinski definition) is 0. The summed E-state index contributed by atoms with van der Waals surface area (Å²) in [6, 6.07) is 2.45. The molecular formula is C19H35Cl2HfSi2-. The average Bonchev–Trinajstić information content (AvgIpc) is 2.59. The Balaban J connectivity index is -0.00000147. The molecule has 0 bridgehead atoms. The second kappa shape index (κ2) is 12.3. The first-order chi connectivity index (χ1) is 9.46. The molecule has 1 aliphatic rings. The third-order valence-electron chi connectivity index (χ3n) is 3.48. The van der Waals surface area contributed by atoms with E-state index in [1.54, 1.807) is 0 Å². The van der Waals surface area contributed by atoms with Crippen LogP contribution in [-0.4, -0.2) is 16.1 Å². The van der Waals surface area contributed by atoms with Crippen molar-refractivity contribution in [3.05, 3.63) is 47.6 Å². The monoisotopic (exact) mass is 569 g/mol. The summed E-state index contributed by atoms with van der Waals surface area (Å²) in [5, 5.41) is 0. The first-order valence-corrected chi connectivity index (χ1v) is 15.5. The molecule has 0 nitrogen and oxygen atoms in total. The van der Waals surface area contributed by atoms with Gasteiger partial charge in [0, 0.05) is 42.0 Å². The molecule has 0 aromatic heterocycles. The van der Waals surface area contributed by atoms with Gasteiger partial charge in [-0.1, -0.05) is 63.4 Å². The zero-order chi connectivity index (χ0) is 16.3. The quantitative estimate of drug-likeness (QED) is 0.162. The van der Waals surface area contributed by atoms with Crippen molar-refractivity contribution < 1.29 is 25.8 Å². The predicted octanol–water partition coefficient (Wildman–Crippen LogP) is 7.46. The van der Waals surface area contributed by atoms with E-state index in [9.17, 15) is 0 Å². The van der Waals surface area contributed by atoms with E-state index >= 15 is 0 Å². The molecule has 0 radical (unpaired) electrons. The van der Waals surface area contributed by atoms with Gasteiger partial charge in [0.25, 0.3) is 0 Å². The third kappa shape index (κ3) is 13.1. The van der Waals surface area contributed by atoms with Crippen LogP contribution in [0.15, 0.2) is 41.5 Å².